The molecule has 0 radical (unpaired) electrons. The normalized spacial score (nSPS) is 24.4. The number of rotatable bonds is 5. The molecule has 1 aromatic heterocycles. The molecule has 1 aliphatic carbocycles. The van der Waals surface area contributed by atoms with E-state index in [2.05, 4.69) is 41.8 Å². The molecule has 3 nitrogen and oxygen atoms in total. The SMILES string of the molecule is CCCNc1nccn1C1CCCCC1C(C)C. The van der Waals surface area contributed by atoms with Crippen LogP contribution in [-0.2, 0) is 0 Å². The van der Waals surface area contributed by atoms with Crippen LogP contribution in [0.5, 0.6) is 0 Å². The molecule has 3 heteroatoms. The zero-order chi connectivity index (χ0) is 13.0. The van der Waals surface area contributed by atoms with E-state index >= 15 is 0 Å². The summed E-state index contributed by atoms with van der Waals surface area (Å²) in [5.74, 6) is 2.63. The van der Waals surface area contributed by atoms with E-state index in [4.69, 9.17) is 0 Å². The van der Waals surface area contributed by atoms with E-state index in [1.165, 1.54) is 25.7 Å². The second-order valence-electron chi connectivity index (χ2n) is 5.84. The van der Waals surface area contributed by atoms with Crippen LogP contribution in [0.3, 0.4) is 0 Å². The van der Waals surface area contributed by atoms with Crippen molar-refractivity contribution in [3.63, 3.8) is 0 Å². The van der Waals surface area contributed by atoms with Crippen LogP contribution in [0.15, 0.2) is 12.4 Å². The quantitative estimate of drug-likeness (QED) is 0.851. The highest BCUT2D eigenvalue weighted by molar-refractivity contribution is 5.26. The Labute approximate surface area is 111 Å². The van der Waals surface area contributed by atoms with Crippen LogP contribution >= 0.6 is 0 Å². The average molecular weight is 249 g/mol. The van der Waals surface area contributed by atoms with Gasteiger partial charge in [0.1, 0.15) is 0 Å². The fraction of sp³-hybridized carbons (Fsp3) is 0.800. The first kappa shape index (κ1) is 13.4. The molecule has 1 saturated carbocycles. The number of hydrogen-bond donors (Lipinski definition) is 1. The molecule has 2 atom stereocenters. The summed E-state index contributed by atoms with van der Waals surface area (Å²) in [6.45, 7) is 7.92. The summed E-state index contributed by atoms with van der Waals surface area (Å²) in [4.78, 5) is 4.47. The van der Waals surface area contributed by atoms with Crippen molar-refractivity contribution in [3.8, 4) is 0 Å². The molecule has 0 spiro atoms. The third-order valence-electron chi connectivity index (χ3n) is 4.20. The van der Waals surface area contributed by atoms with Gasteiger partial charge in [-0.05, 0) is 31.1 Å². The monoisotopic (exact) mass is 249 g/mol. The number of imidazole rings is 1. The third-order valence-corrected chi connectivity index (χ3v) is 4.20. The summed E-state index contributed by atoms with van der Waals surface area (Å²) in [5, 5.41) is 3.45. The molecular weight excluding hydrogens is 222 g/mol. The Morgan fingerprint density at radius 1 is 1.39 bits per heavy atom. The first-order valence-corrected chi connectivity index (χ1v) is 7.50. The summed E-state index contributed by atoms with van der Waals surface area (Å²) in [5.41, 5.74) is 0. The maximum Gasteiger partial charge on any atom is 0.203 e. The van der Waals surface area contributed by atoms with Gasteiger partial charge in [0.05, 0.1) is 0 Å². The molecule has 102 valence electrons. The van der Waals surface area contributed by atoms with E-state index in [-0.39, 0.29) is 0 Å². The largest absolute Gasteiger partial charge is 0.356 e. The van der Waals surface area contributed by atoms with Crippen molar-refractivity contribution in [1.82, 2.24) is 9.55 Å². The second kappa shape index (κ2) is 6.26. The van der Waals surface area contributed by atoms with Gasteiger partial charge in [-0.3, -0.25) is 0 Å². The predicted molar refractivity (Wildman–Crippen MR) is 76.8 cm³/mol. The van der Waals surface area contributed by atoms with Crippen LogP contribution in [0.25, 0.3) is 0 Å². The van der Waals surface area contributed by atoms with Crippen molar-refractivity contribution in [2.24, 2.45) is 11.8 Å². The van der Waals surface area contributed by atoms with Gasteiger partial charge in [-0.2, -0.15) is 0 Å². The van der Waals surface area contributed by atoms with Crippen LogP contribution in [-0.4, -0.2) is 16.1 Å². The molecule has 0 aliphatic heterocycles. The molecule has 1 N–H and O–H groups in total. The minimum Gasteiger partial charge on any atom is -0.356 e. The van der Waals surface area contributed by atoms with Gasteiger partial charge in [-0.15, -0.1) is 0 Å². The van der Waals surface area contributed by atoms with Crippen LogP contribution in [0.1, 0.15) is 58.9 Å². The minimum absolute atomic E-state index is 0.639. The molecule has 2 unspecified atom stereocenters. The molecular formula is C15H27N3. The maximum atomic E-state index is 4.47. The topological polar surface area (TPSA) is 29.9 Å². The van der Waals surface area contributed by atoms with Crippen molar-refractivity contribution < 1.29 is 0 Å². The maximum absolute atomic E-state index is 4.47. The Kier molecular flexibility index (Phi) is 4.67. The Morgan fingerprint density at radius 3 is 2.89 bits per heavy atom. The van der Waals surface area contributed by atoms with Gasteiger partial charge in [-0.1, -0.05) is 33.6 Å². The van der Waals surface area contributed by atoms with E-state index in [1.807, 2.05) is 6.20 Å². The van der Waals surface area contributed by atoms with Gasteiger partial charge < -0.3 is 9.88 Å². The Balaban J connectivity index is 2.15. The van der Waals surface area contributed by atoms with Gasteiger partial charge in [0.25, 0.3) is 0 Å². The van der Waals surface area contributed by atoms with Gasteiger partial charge in [-0.25, -0.2) is 4.98 Å². The number of nitrogens with zero attached hydrogens (tertiary/aromatic N) is 2. The molecule has 0 bridgehead atoms. The van der Waals surface area contributed by atoms with Gasteiger partial charge in [0, 0.05) is 25.0 Å². The van der Waals surface area contributed by atoms with Crippen molar-refractivity contribution in [1.29, 1.82) is 0 Å². The van der Waals surface area contributed by atoms with Crippen molar-refractivity contribution in [2.75, 3.05) is 11.9 Å². The minimum atomic E-state index is 0.639. The number of nitrogens with one attached hydrogen (secondary N) is 1. The molecule has 1 aromatic rings. The van der Waals surface area contributed by atoms with E-state index in [9.17, 15) is 0 Å². The molecule has 0 amide bonds. The molecule has 1 heterocycles. The van der Waals surface area contributed by atoms with Gasteiger partial charge >= 0.3 is 0 Å². The van der Waals surface area contributed by atoms with Crippen LogP contribution in [0, 0.1) is 11.8 Å². The molecule has 1 fully saturated rings. The number of aromatic nitrogens is 2. The standard InChI is InChI=1S/C15H27N3/c1-4-9-16-15-17-10-11-18(15)14-8-6-5-7-13(14)12(2)3/h10-14H,4-9H2,1-3H3,(H,16,17). The lowest BCUT2D eigenvalue weighted by Crippen LogP contribution is -2.27. The Hall–Kier alpha value is -0.990. The van der Waals surface area contributed by atoms with E-state index in [0.29, 0.717) is 6.04 Å². The molecule has 18 heavy (non-hydrogen) atoms. The van der Waals surface area contributed by atoms with E-state index in [1.54, 1.807) is 0 Å². The lowest BCUT2D eigenvalue weighted by Gasteiger charge is -2.36. The smallest absolute Gasteiger partial charge is 0.203 e. The highest BCUT2D eigenvalue weighted by Gasteiger charge is 2.29. The van der Waals surface area contributed by atoms with Gasteiger partial charge in [0.2, 0.25) is 5.95 Å². The van der Waals surface area contributed by atoms with Crippen LogP contribution in [0.2, 0.25) is 0 Å². The number of hydrogen-bond acceptors (Lipinski definition) is 2. The zero-order valence-corrected chi connectivity index (χ0v) is 12.0. The molecule has 0 saturated heterocycles. The summed E-state index contributed by atoms with van der Waals surface area (Å²) in [6, 6.07) is 0.639. The Bertz CT molecular complexity index is 356. The highest BCUT2D eigenvalue weighted by Crippen LogP contribution is 2.39. The van der Waals surface area contributed by atoms with Crippen LogP contribution in [0.4, 0.5) is 5.95 Å². The van der Waals surface area contributed by atoms with E-state index < -0.39 is 0 Å². The van der Waals surface area contributed by atoms with Crippen LogP contribution < -0.4 is 5.32 Å². The predicted octanol–water partition coefficient (Wildman–Crippen LogP) is 4.09. The van der Waals surface area contributed by atoms with Crippen molar-refractivity contribution in [2.45, 2.75) is 58.9 Å². The van der Waals surface area contributed by atoms with E-state index in [0.717, 1.165) is 30.7 Å². The average Bonchev–Trinajstić information content (AvgIpc) is 2.84. The zero-order valence-electron chi connectivity index (χ0n) is 12.0. The third kappa shape index (κ3) is 2.88. The lowest BCUT2D eigenvalue weighted by atomic mass is 9.77. The lowest BCUT2D eigenvalue weighted by molar-refractivity contribution is 0.186. The fourth-order valence-electron chi connectivity index (χ4n) is 3.22. The van der Waals surface area contributed by atoms with Crippen molar-refractivity contribution in [3.05, 3.63) is 12.4 Å². The Morgan fingerprint density at radius 2 is 2.17 bits per heavy atom. The summed E-state index contributed by atoms with van der Waals surface area (Å²) in [6.07, 6.45) is 10.7. The summed E-state index contributed by atoms with van der Waals surface area (Å²) < 4.78 is 2.39. The van der Waals surface area contributed by atoms with Gasteiger partial charge in [0.15, 0.2) is 0 Å². The number of anilines is 1. The molecule has 0 aromatic carbocycles. The van der Waals surface area contributed by atoms with Crippen molar-refractivity contribution >= 4 is 5.95 Å². The molecule has 1 aliphatic rings. The first-order chi connectivity index (χ1) is 8.74. The summed E-state index contributed by atoms with van der Waals surface area (Å²) >= 11 is 0. The first-order valence-electron chi connectivity index (χ1n) is 7.50. The summed E-state index contributed by atoms with van der Waals surface area (Å²) in [7, 11) is 0. The highest BCUT2D eigenvalue weighted by atomic mass is 15.2. The molecule has 2 rings (SSSR count). The fourth-order valence-corrected chi connectivity index (χ4v) is 3.22. The second-order valence-corrected chi connectivity index (χ2v) is 5.84.